The molecular weight excluding hydrogens is 536 g/mol. The molecule has 43 heavy (non-hydrogen) atoms. The van der Waals surface area contributed by atoms with E-state index in [9.17, 15) is 4.79 Å². The van der Waals surface area contributed by atoms with Gasteiger partial charge in [-0.15, -0.1) is 0 Å². The normalized spacial score (nSPS) is 34.0. The fraction of sp³-hybridized carbons (Fsp3) is 0.763. The molecule has 0 N–H and O–H groups in total. The summed E-state index contributed by atoms with van der Waals surface area (Å²) in [6, 6.07) is 3.67. The van der Waals surface area contributed by atoms with Crippen LogP contribution in [0.25, 0.3) is 0 Å². The number of rotatable bonds is 11. The van der Waals surface area contributed by atoms with Crippen molar-refractivity contribution >= 4 is 5.97 Å². The Morgan fingerprint density at radius 1 is 0.907 bits per heavy atom. The number of ether oxygens (including phenoxy) is 4. The monoisotopic (exact) mass is 594 g/mol. The maximum Gasteiger partial charge on any atom is 0.310 e. The van der Waals surface area contributed by atoms with Crippen molar-refractivity contribution in [3.8, 4) is 17.2 Å². The summed E-state index contributed by atoms with van der Waals surface area (Å²) in [6.07, 6.45) is 16.7. The van der Waals surface area contributed by atoms with Gasteiger partial charge in [0.2, 0.25) is 5.75 Å². The minimum Gasteiger partial charge on any atom is -0.493 e. The molecule has 0 spiro atoms. The van der Waals surface area contributed by atoms with Crippen molar-refractivity contribution in [1.82, 2.24) is 0 Å². The summed E-state index contributed by atoms with van der Waals surface area (Å²) < 4.78 is 22.5. The summed E-state index contributed by atoms with van der Waals surface area (Å²) in [5, 5.41) is 0. The van der Waals surface area contributed by atoms with Crippen LogP contribution < -0.4 is 14.2 Å². The quantitative estimate of drug-likeness (QED) is 0.189. The summed E-state index contributed by atoms with van der Waals surface area (Å²) in [4.78, 5) is 13.1. The molecule has 0 aromatic heterocycles. The Kier molecular flexibility index (Phi) is 9.78. The van der Waals surface area contributed by atoms with Gasteiger partial charge >= 0.3 is 5.97 Å². The highest BCUT2D eigenvalue weighted by molar-refractivity contribution is 5.74. The lowest BCUT2D eigenvalue weighted by Gasteiger charge is -2.58. The van der Waals surface area contributed by atoms with Gasteiger partial charge in [0, 0.05) is 6.42 Å². The van der Waals surface area contributed by atoms with Crippen LogP contribution in [0.15, 0.2) is 23.8 Å². The molecule has 0 saturated heterocycles. The predicted octanol–water partition coefficient (Wildman–Crippen LogP) is 9.21. The highest BCUT2D eigenvalue weighted by Gasteiger charge is 2.59. The Morgan fingerprint density at radius 2 is 1.63 bits per heavy atom. The summed E-state index contributed by atoms with van der Waals surface area (Å²) >= 11 is 0. The van der Waals surface area contributed by atoms with Crippen LogP contribution in [0.5, 0.6) is 17.2 Å². The van der Waals surface area contributed by atoms with Crippen molar-refractivity contribution in [2.24, 2.45) is 46.3 Å². The molecule has 4 aliphatic carbocycles. The Labute approximate surface area is 261 Å². The van der Waals surface area contributed by atoms with E-state index in [1.54, 1.807) is 26.9 Å². The minimum atomic E-state index is -0.190. The average molecular weight is 595 g/mol. The highest BCUT2D eigenvalue weighted by Crippen LogP contribution is 2.67. The second kappa shape index (κ2) is 13.1. The zero-order chi connectivity index (χ0) is 30.9. The van der Waals surface area contributed by atoms with Crippen molar-refractivity contribution in [3.63, 3.8) is 0 Å². The first-order valence-corrected chi connectivity index (χ1v) is 17.2. The number of carbonyl (C=O) groups excluding carboxylic acids is 1. The Hall–Kier alpha value is -2.17. The van der Waals surface area contributed by atoms with Crippen molar-refractivity contribution in [1.29, 1.82) is 0 Å². The number of benzene rings is 1. The summed E-state index contributed by atoms with van der Waals surface area (Å²) in [5.41, 5.74) is 3.13. The fourth-order valence-electron chi connectivity index (χ4n) is 10.4. The smallest absolute Gasteiger partial charge is 0.310 e. The van der Waals surface area contributed by atoms with Crippen molar-refractivity contribution < 1.29 is 23.7 Å². The van der Waals surface area contributed by atoms with E-state index >= 15 is 0 Å². The standard InChI is InChI=1S/C38H58O5/c1-24(2)10-9-11-25(3)30-14-15-31-29-13-12-27-23-28(16-18-37(27,4)32(29)17-19-38(30,31)5)43-35(39)22-26-20-33(40-6)36(42-8)34(21-26)41-7/h12,20-21,24-25,28-32H,9-11,13-19,22-23H2,1-8H3/t25-,28+,29?,30-,31?,32?,37+,38-/m1/s1. The molecular formula is C38H58O5. The van der Waals surface area contributed by atoms with Crippen LogP contribution in [-0.2, 0) is 16.0 Å². The number of hydrogen-bond acceptors (Lipinski definition) is 5. The molecule has 1 aromatic rings. The zero-order valence-electron chi connectivity index (χ0n) is 28.3. The van der Waals surface area contributed by atoms with E-state index in [1.165, 1.54) is 51.4 Å². The van der Waals surface area contributed by atoms with E-state index in [4.69, 9.17) is 18.9 Å². The maximum atomic E-state index is 13.1. The summed E-state index contributed by atoms with van der Waals surface area (Å²) in [7, 11) is 4.77. The van der Waals surface area contributed by atoms with Gasteiger partial charge in [0.25, 0.3) is 0 Å². The first-order valence-electron chi connectivity index (χ1n) is 17.2. The third-order valence-corrected chi connectivity index (χ3v) is 12.6. The van der Waals surface area contributed by atoms with Crippen LogP contribution in [0.1, 0.15) is 111 Å². The minimum absolute atomic E-state index is 0.0400. The van der Waals surface area contributed by atoms with Crippen LogP contribution in [-0.4, -0.2) is 33.4 Å². The lowest BCUT2D eigenvalue weighted by atomic mass is 9.47. The van der Waals surface area contributed by atoms with Gasteiger partial charge in [-0.3, -0.25) is 4.79 Å². The lowest BCUT2D eigenvalue weighted by molar-refractivity contribution is -0.150. The van der Waals surface area contributed by atoms with E-state index < -0.39 is 0 Å². The molecule has 1 aromatic carbocycles. The van der Waals surface area contributed by atoms with E-state index in [0.717, 1.165) is 60.3 Å². The number of allylic oxidation sites excluding steroid dienone is 1. The molecule has 3 saturated carbocycles. The molecule has 8 atom stereocenters. The topological polar surface area (TPSA) is 54.0 Å². The molecule has 4 aliphatic rings. The van der Waals surface area contributed by atoms with E-state index in [2.05, 4.69) is 40.7 Å². The second-order valence-electron chi connectivity index (χ2n) is 15.4. The number of methoxy groups -OCH3 is 3. The lowest BCUT2D eigenvalue weighted by Crippen LogP contribution is -2.51. The van der Waals surface area contributed by atoms with Crippen molar-refractivity contribution in [2.45, 2.75) is 118 Å². The number of fused-ring (bicyclic) bond motifs is 5. The molecule has 0 bridgehead atoms. The third kappa shape index (κ3) is 6.21. The highest BCUT2D eigenvalue weighted by atomic mass is 16.5. The molecule has 240 valence electrons. The molecule has 0 radical (unpaired) electrons. The fourth-order valence-corrected chi connectivity index (χ4v) is 10.4. The number of esters is 1. The van der Waals surface area contributed by atoms with Gasteiger partial charge in [-0.25, -0.2) is 0 Å². The van der Waals surface area contributed by atoms with Gasteiger partial charge in [0.15, 0.2) is 11.5 Å². The molecule has 0 aliphatic heterocycles. The van der Waals surface area contributed by atoms with Crippen LogP contribution in [0.4, 0.5) is 0 Å². The predicted molar refractivity (Wildman–Crippen MR) is 173 cm³/mol. The Morgan fingerprint density at radius 3 is 2.28 bits per heavy atom. The SMILES string of the molecule is COc1cc(CC(=O)O[C@H]2CC[C@@]3(C)C(=CCC4C3CC[C@@]3(C)C4CC[C@@H]3[C@H](C)CCCC(C)C)C2)cc(OC)c1OC. The molecule has 3 unspecified atom stereocenters. The third-order valence-electron chi connectivity index (χ3n) is 12.6. The maximum absolute atomic E-state index is 13.1. The summed E-state index contributed by atoms with van der Waals surface area (Å²) in [5.74, 6) is 6.47. The molecule has 0 heterocycles. The molecule has 3 fully saturated rings. The number of hydrogen-bond donors (Lipinski definition) is 0. The van der Waals surface area contributed by atoms with Gasteiger partial charge in [-0.2, -0.15) is 0 Å². The zero-order valence-corrected chi connectivity index (χ0v) is 28.3. The largest absolute Gasteiger partial charge is 0.493 e. The van der Waals surface area contributed by atoms with Gasteiger partial charge in [-0.05, 0) is 109 Å². The van der Waals surface area contributed by atoms with Crippen molar-refractivity contribution in [2.75, 3.05) is 21.3 Å². The van der Waals surface area contributed by atoms with Crippen LogP contribution in [0, 0.1) is 46.3 Å². The molecule has 0 amide bonds. The molecule has 5 rings (SSSR count). The van der Waals surface area contributed by atoms with Gasteiger partial charge in [-0.1, -0.05) is 65.5 Å². The molecule has 5 nitrogen and oxygen atoms in total. The van der Waals surface area contributed by atoms with Gasteiger partial charge in [0.05, 0.1) is 27.8 Å². The Bertz CT molecular complexity index is 1150. The van der Waals surface area contributed by atoms with E-state index in [1.807, 2.05) is 12.1 Å². The Balaban J connectivity index is 1.22. The van der Waals surface area contributed by atoms with E-state index in [0.29, 0.717) is 22.7 Å². The first-order chi connectivity index (χ1) is 20.5. The van der Waals surface area contributed by atoms with Crippen molar-refractivity contribution in [3.05, 3.63) is 29.3 Å². The number of carbonyl (C=O) groups is 1. The van der Waals surface area contributed by atoms with Gasteiger partial charge < -0.3 is 18.9 Å². The van der Waals surface area contributed by atoms with Crippen LogP contribution in [0.3, 0.4) is 0 Å². The van der Waals surface area contributed by atoms with Crippen LogP contribution in [0.2, 0.25) is 0 Å². The average Bonchev–Trinajstić information content (AvgIpc) is 3.33. The van der Waals surface area contributed by atoms with Gasteiger partial charge in [0.1, 0.15) is 6.10 Å². The first kappa shape index (κ1) is 32.2. The second-order valence-corrected chi connectivity index (χ2v) is 15.4. The summed E-state index contributed by atoms with van der Waals surface area (Å²) in [6.45, 7) is 12.5. The van der Waals surface area contributed by atoms with Crippen LogP contribution >= 0.6 is 0 Å². The molecule has 5 heteroatoms. The van der Waals surface area contributed by atoms with E-state index in [-0.39, 0.29) is 23.9 Å².